The van der Waals surface area contributed by atoms with Gasteiger partial charge in [0.2, 0.25) is 5.91 Å². The Labute approximate surface area is 211 Å². The van der Waals surface area contributed by atoms with Gasteiger partial charge in [0, 0.05) is 67.5 Å². The van der Waals surface area contributed by atoms with E-state index in [0.29, 0.717) is 24.3 Å². The van der Waals surface area contributed by atoms with Gasteiger partial charge >= 0.3 is 0 Å². The molecule has 190 valence electrons. The first-order valence-electron chi connectivity index (χ1n) is 12.5. The fraction of sp³-hybridized carbons (Fsp3) is 0.357. The number of benzene rings is 2. The normalized spacial score (nSPS) is 14.5. The van der Waals surface area contributed by atoms with E-state index in [1.807, 2.05) is 43.1 Å². The first-order chi connectivity index (χ1) is 17.4. The number of primary amides is 1. The number of rotatable bonds is 9. The number of nitrogens with two attached hydrogens (primary N) is 1. The molecule has 36 heavy (non-hydrogen) atoms. The lowest BCUT2D eigenvalue weighted by Gasteiger charge is -2.40. The van der Waals surface area contributed by atoms with Crippen LogP contribution in [-0.2, 0) is 6.54 Å². The van der Waals surface area contributed by atoms with Gasteiger partial charge in [-0.05, 0) is 81.3 Å². The fourth-order valence-electron chi connectivity index (χ4n) is 4.90. The van der Waals surface area contributed by atoms with Crippen molar-refractivity contribution >= 4 is 23.2 Å². The van der Waals surface area contributed by atoms with Gasteiger partial charge in [0.15, 0.2) is 0 Å². The van der Waals surface area contributed by atoms with Crippen LogP contribution in [0.2, 0.25) is 0 Å². The number of carbonyl (C=O) groups excluding carboxylic acids is 2. The van der Waals surface area contributed by atoms with E-state index >= 15 is 4.39 Å². The lowest BCUT2D eigenvalue weighted by atomic mass is 9.99. The molecule has 1 aromatic heterocycles. The van der Waals surface area contributed by atoms with Gasteiger partial charge < -0.3 is 20.5 Å². The smallest absolute Gasteiger partial charge is 0.253 e. The number of halogens is 1. The van der Waals surface area contributed by atoms with Gasteiger partial charge in [0.05, 0.1) is 5.69 Å². The molecular weight excluding hydrogens is 457 g/mol. The summed E-state index contributed by atoms with van der Waals surface area (Å²) in [7, 11) is 0. The second kappa shape index (κ2) is 11.4. The number of H-pyrrole nitrogens is 1. The molecule has 0 aliphatic carbocycles. The van der Waals surface area contributed by atoms with Gasteiger partial charge in [-0.15, -0.1) is 0 Å². The minimum absolute atomic E-state index is 0.0202. The summed E-state index contributed by atoms with van der Waals surface area (Å²) in [4.78, 5) is 34.0. The topological polar surface area (TPSA) is 85.7 Å². The molecule has 1 fully saturated rings. The van der Waals surface area contributed by atoms with Crippen molar-refractivity contribution in [2.75, 3.05) is 31.1 Å². The molecule has 1 aliphatic rings. The molecule has 1 saturated heterocycles. The second-order valence-electron chi connectivity index (χ2n) is 9.13. The monoisotopic (exact) mass is 491 g/mol. The Morgan fingerprint density at radius 1 is 1.03 bits per heavy atom. The van der Waals surface area contributed by atoms with E-state index in [4.69, 9.17) is 5.73 Å². The van der Waals surface area contributed by atoms with Gasteiger partial charge in [0.1, 0.15) is 5.82 Å². The highest BCUT2D eigenvalue weighted by molar-refractivity contribution is 5.95. The molecule has 0 spiro atoms. The van der Waals surface area contributed by atoms with E-state index in [2.05, 4.69) is 16.0 Å². The van der Waals surface area contributed by atoms with Crippen molar-refractivity contribution in [3.63, 3.8) is 0 Å². The van der Waals surface area contributed by atoms with Gasteiger partial charge in [-0.25, -0.2) is 4.39 Å². The zero-order chi connectivity index (χ0) is 25.7. The lowest BCUT2D eigenvalue weighted by Crippen LogP contribution is -2.43. The summed E-state index contributed by atoms with van der Waals surface area (Å²) in [5, 5.41) is 0. The molecule has 0 atom stereocenters. The Balaban J connectivity index is 1.63. The summed E-state index contributed by atoms with van der Waals surface area (Å²) in [6, 6.07) is 15.6. The standard InChI is InChI=1S/C28H34FN5O2/c1-3-33(4-2)28(36)20-7-10-23(11-8-20)34(26-18-21(27(30)35)9-12-25(26)29)24-13-16-32(17-14-24)19-22-6-5-15-31-22/h5-12,15,18,24,31H,3-4,13-14,16-17,19H2,1-2H3,(H2,30,35). The molecule has 2 heterocycles. The predicted molar refractivity (Wildman–Crippen MR) is 140 cm³/mol. The van der Waals surface area contributed by atoms with Gasteiger partial charge in [0.25, 0.3) is 5.91 Å². The summed E-state index contributed by atoms with van der Waals surface area (Å²) < 4.78 is 15.2. The van der Waals surface area contributed by atoms with E-state index in [-0.39, 0.29) is 17.5 Å². The van der Waals surface area contributed by atoms with Crippen molar-refractivity contribution in [2.24, 2.45) is 5.73 Å². The van der Waals surface area contributed by atoms with Gasteiger partial charge in [-0.2, -0.15) is 0 Å². The molecule has 3 N–H and O–H groups in total. The van der Waals surface area contributed by atoms with Crippen LogP contribution in [0.5, 0.6) is 0 Å². The Bertz CT molecular complexity index is 1170. The minimum Gasteiger partial charge on any atom is -0.366 e. The maximum absolute atomic E-state index is 15.2. The molecule has 2 aromatic carbocycles. The van der Waals surface area contributed by atoms with Crippen LogP contribution < -0.4 is 10.6 Å². The van der Waals surface area contributed by atoms with Crippen molar-refractivity contribution in [1.29, 1.82) is 0 Å². The number of aromatic amines is 1. The first kappa shape index (κ1) is 25.4. The fourth-order valence-corrected chi connectivity index (χ4v) is 4.90. The van der Waals surface area contributed by atoms with E-state index < -0.39 is 11.7 Å². The summed E-state index contributed by atoms with van der Waals surface area (Å²) >= 11 is 0. The van der Waals surface area contributed by atoms with Crippen molar-refractivity contribution in [3.05, 3.63) is 83.4 Å². The highest BCUT2D eigenvalue weighted by atomic mass is 19.1. The number of carbonyl (C=O) groups is 2. The van der Waals surface area contributed by atoms with Crippen molar-refractivity contribution in [1.82, 2.24) is 14.8 Å². The number of aromatic nitrogens is 1. The number of amides is 2. The third-order valence-corrected chi connectivity index (χ3v) is 6.91. The molecule has 2 amide bonds. The van der Waals surface area contributed by atoms with Gasteiger partial charge in [-0.1, -0.05) is 0 Å². The highest BCUT2D eigenvalue weighted by Crippen LogP contribution is 2.35. The number of nitrogens with one attached hydrogen (secondary N) is 1. The SMILES string of the molecule is CCN(CC)C(=O)c1ccc(N(c2cc(C(N)=O)ccc2F)C2CCN(Cc3ccc[nH]3)CC2)cc1. The predicted octanol–water partition coefficient (Wildman–Crippen LogP) is 4.54. The summed E-state index contributed by atoms with van der Waals surface area (Å²) in [6.45, 7) is 7.73. The molecule has 7 nitrogen and oxygen atoms in total. The maximum Gasteiger partial charge on any atom is 0.253 e. The molecule has 0 saturated carbocycles. The molecule has 0 bridgehead atoms. The Hall–Kier alpha value is -3.65. The van der Waals surface area contributed by atoms with E-state index in [9.17, 15) is 9.59 Å². The Kier molecular flexibility index (Phi) is 8.05. The summed E-state index contributed by atoms with van der Waals surface area (Å²) in [5.41, 5.74) is 8.61. The quantitative estimate of drug-likeness (QED) is 0.460. The highest BCUT2D eigenvalue weighted by Gasteiger charge is 2.28. The molecule has 4 rings (SSSR count). The third-order valence-electron chi connectivity index (χ3n) is 6.91. The molecule has 1 aliphatic heterocycles. The lowest BCUT2D eigenvalue weighted by molar-refractivity contribution is 0.0772. The van der Waals surface area contributed by atoms with Crippen LogP contribution in [0.4, 0.5) is 15.8 Å². The number of anilines is 2. The average molecular weight is 492 g/mol. The summed E-state index contributed by atoms with van der Waals surface area (Å²) in [6.07, 6.45) is 3.56. The molecule has 0 radical (unpaired) electrons. The van der Waals surface area contributed by atoms with Crippen LogP contribution in [0.1, 0.15) is 53.1 Å². The van der Waals surface area contributed by atoms with E-state index in [1.54, 1.807) is 17.0 Å². The third kappa shape index (κ3) is 5.60. The van der Waals surface area contributed by atoms with Gasteiger partial charge in [-0.3, -0.25) is 14.5 Å². The number of piperidine rings is 1. The Morgan fingerprint density at radius 2 is 1.69 bits per heavy atom. The first-order valence-corrected chi connectivity index (χ1v) is 12.5. The van der Waals surface area contributed by atoms with Crippen molar-refractivity contribution in [2.45, 2.75) is 39.3 Å². The van der Waals surface area contributed by atoms with Crippen LogP contribution in [0, 0.1) is 5.82 Å². The largest absolute Gasteiger partial charge is 0.366 e. The van der Waals surface area contributed by atoms with E-state index in [0.717, 1.165) is 38.2 Å². The van der Waals surface area contributed by atoms with Crippen LogP contribution in [0.15, 0.2) is 60.8 Å². The molecule has 3 aromatic rings. The van der Waals surface area contributed by atoms with Crippen molar-refractivity contribution < 1.29 is 14.0 Å². The molecule has 8 heteroatoms. The van der Waals surface area contributed by atoms with Crippen molar-refractivity contribution in [3.8, 4) is 0 Å². The second-order valence-corrected chi connectivity index (χ2v) is 9.13. The number of hydrogen-bond acceptors (Lipinski definition) is 4. The number of likely N-dealkylation sites (tertiary alicyclic amines) is 1. The molecule has 0 unspecified atom stereocenters. The summed E-state index contributed by atoms with van der Waals surface area (Å²) in [5.74, 6) is -1.05. The molecular formula is C28H34FN5O2. The van der Waals surface area contributed by atoms with Crippen LogP contribution >= 0.6 is 0 Å². The average Bonchev–Trinajstić information content (AvgIpc) is 3.40. The van der Waals surface area contributed by atoms with Crippen LogP contribution in [0.25, 0.3) is 0 Å². The zero-order valence-electron chi connectivity index (χ0n) is 20.9. The zero-order valence-corrected chi connectivity index (χ0v) is 20.9. The number of nitrogens with zero attached hydrogens (tertiary/aromatic N) is 3. The van der Waals surface area contributed by atoms with E-state index in [1.165, 1.54) is 23.9 Å². The maximum atomic E-state index is 15.2. The van der Waals surface area contributed by atoms with Crippen LogP contribution in [-0.4, -0.2) is 58.8 Å². The Morgan fingerprint density at radius 3 is 2.28 bits per heavy atom. The van der Waals surface area contributed by atoms with Crippen LogP contribution in [0.3, 0.4) is 0 Å². The number of hydrogen-bond donors (Lipinski definition) is 2. The minimum atomic E-state index is -0.600.